The maximum atomic E-state index is 9.34. The van der Waals surface area contributed by atoms with Crippen molar-refractivity contribution in [3.05, 3.63) is 0 Å². The molecule has 0 aromatic rings. The fourth-order valence-corrected chi connectivity index (χ4v) is 1.64. The van der Waals surface area contributed by atoms with E-state index in [1.165, 1.54) is 0 Å². The summed E-state index contributed by atoms with van der Waals surface area (Å²) >= 11 is 0. The summed E-state index contributed by atoms with van der Waals surface area (Å²) in [7, 11) is -18.3. The van der Waals surface area contributed by atoms with E-state index in [0.717, 1.165) is 0 Å². The summed E-state index contributed by atoms with van der Waals surface area (Å²) in [5.41, 5.74) is 0. The van der Waals surface area contributed by atoms with Crippen LogP contribution in [0.15, 0.2) is 0 Å². The molecule has 0 spiro atoms. The Morgan fingerprint density at radius 3 is 0.895 bits per heavy atom. The second-order valence-corrected chi connectivity index (χ2v) is 5.98. The van der Waals surface area contributed by atoms with Gasteiger partial charge in [0.15, 0.2) is 0 Å². The Balaban J connectivity index is -0.0000000594. The van der Waals surface area contributed by atoms with Crippen LogP contribution < -0.4 is 38.6 Å². The van der Waals surface area contributed by atoms with Crippen molar-refractivity contribution in [3.8, 4) is 0 Å². The van der Waals surface area contributed by atoms with Crippen LogP contribution in [0.5, 0.6) is 0 Å². The first-order valence-corrected chi connectivity index (χ1v) is 8.19. The molecule has 19 heavy (non-hydrogen) atoms. The van der Waals surface area contributed by atoms with Gasteiger partial charge in [0.1, 0.15) is 0 Å². The molecule has 0 bridgehead atoms. The SMILES string of the molecule is O=[P+]([O-])O[Si]([O-])([O-])[O-].O=[P+]([O-])O[Si]([O-])([O-])[O-].[Ca+2].[Sr+2].[Zn+2]. The van der Waals surface area contributed by atoms with Crippen molar-refractivity contribution in [1.82, 2.24) is 0 Å². The Bertz CT molecular complexity index is 225. The zero-order valence-corrected chi connectivity index (χ0v) is 21.4. The molecule has 0 fully saturated rings. The summed E-state index contributed by atoms with van der Waals surface area (Å²) < 4.78 is 24.3. The molecule has 19 heteroatoms. The maximum Gasteiger partial charge on any atom is 2.00 e. The number of rotatable bonds is 4. The van der Waals surface area contributed by atoms with Gasteiger partial charge in [0, 0.05) is 0 Å². The Morgan fingerprint density at radius 2 is 0.895 bits per heavy atom. The van der Waals surface area contributed by atoms with Crippen LogP contribution in [0.25, 0.3) is 0 Å². The van der Waals surface area contributed by atoms with Crippen LogP contribution in [0.1, 0.15) is 0 Å². The van der Waals surface area contributed by atoms with E-state index in [2.05, 4.69) is 8.43 Å². The van der Waals surface area contributed by atoms with E-state index in [1.807, 2.05) is 0 Å². The largest absolute Gasteiger partial charge is 2.00 e. The van der Waals surface area contributed by atoms with Gasteiger partial charge in [-0.15, -0.1) is 0 Å². The van der Waals surface area contributed by atoms with Crippen LogP contribution in [0.4, 0.5) is 0 Å². The first-order chi connectivity index (χ1) is 6.83. The minimum absolute atomic E-state index is 0. The third-order valence-electron chi connectivity index (χ3n) is 0.373. The summed E-state index contributed by atoms with van der Waals surface area (Å²) in [6, 6.07) is 0. The smallest absolute Gasteiger partial charge is 0.857 e. The van der Waals surface area contributed by atoms with Crippen LogP contribution in [0.3, 0.4) is 0 Å². The molecule has 0 aliphatic heterocycles. The second-order valence-electron chi connectivity index (χ2n) is 1.63. The molecule has 0 rings (SSSR count). The Morgan fingerprint density at radius 1 is 0.737 bits per heavy atom. The predicted molar refractivity (Wildman–Crippen MR) is 40.4 cm³/mol. The third-order valence-corrected chi connectivity index (χ3v) is 3.35. The number of hydrogen-bond acceptors (Lipinski definition) is 12. The van der Waals surface area contributed by atoms with Gasteiger partial charge in [0.05, 0.1) is 0 Å². The number of hydrogen-bond donors (Lipinski definition) is 0. The molecule has 2 atom stereocenters. The molecule has 12 nitrogen and oxygen atoms in total. The van der Waals surface area contributed by atoms with E-state index in [0.29, 0.717) is 0 Å². The zero-order valence-electron chi connectivity index (χ0n) is 8.91. The first kappa shape index (κ1) is 34.0. The first-order valence-electron chi connectivity index (χ1n) is 2.73. The topological polar surface area (TPSA) is 237 Å². The van der Waals surface area contributed by atoms with Gasteiger partial charge >= 0.3 is 119 Å². The summed E-state index contributed by atoms with van der Waals surface area (Å²) in [4.78, 5) is 74.5. The molecule has 0 aliphatic carbocycles. The van der Waals surface area contributed by atoms with Gasteiger partial charge in [-0.05, 0) is 27.2 Å². The van der Waals surface area contributed by atoms with Crippen molar-refractivity contribution in [2.75, 3.05) is 0 Å². The molecule has 0 saturated heterocycles. The van der Waals surface area contributed by atoms with Gasteiger partial charge < -0.3 is 38.6 Å². The van der Waals surface area contributed by atoms with Crippen molar-refractivity contribution in [2.45, 2.75) is 0 Å². The van der Waals surface area contributed by atoms with Crippen LogP contribution >= 0.6 is 16.5 Å². The molecular formula is CaO12P2Si2SrZn. The maximum absolute atomic E-state index is 9.34. The molecule has 96 valence electrons. The second kappa shape index (κ2) is 16.5. The van der Waals surface area contributed by atoms with Crippen LogP contribution in [-0.2, 0) is 37.0 Å². The summed E-state index contributed by atoms with van der Waals surface area (Å²) in [6.07, 6.45) is 0. The molecule has 0 aromatic carbocycles. The van der Waals surface area contributed by atoms with E-state index in [4.69, 9.17) is 0 Å². The molecule has 0 heterocycles. The Hall–Kier alpha value is 3.60. The van der Waals surface area contributed by atoms with E-state index in [-0.39, 0.29) is 103 Å². The minimum atomic E-state index is -5.57. The molecule has 0 amide bonds. The van der Waals surface area contributed by atoms with Crippen molar-refractivity contribution >= 4 is 118 Å². The molecule has 0 aromatic heterocycles. The predicted octanol–water partition coefficient (Wildman–Crippen LogP) is -9.69. The Labute approximate surface area is 190 Å². The van der Waals surface area contributed by atoms with Crippen molar-refractivity contribution in [2.24, 2.45) is 0 Å². The third kappa shape index (κ3) is 44.9. The van der Waals surface area contributed by atoms with Gasteiger partial charge in [-0.25, -0.2) is 0 Å². The van der Waals surface area contributed by atoms with Crippen molar-refractivity contribution in [3.63, 3.8) is 0 Å². The minimum Gasteiger partial charge on any atom is -0.857 e. The fourth-order valence-electron chi connectivity index (χ4n) is 0.183. The monoisotopic (exact) mass is 502 g/mol. The van der Waals surface area contributed by atoms with Gasteiger partial charge in [0.2, 0.25) is 0 Å². The molecule has 0 radical (unpaired) electrons. The fraction of sp³-hybridized carbons (Fsp3) is 0. The van der Waals surface area contributed by atoms with Gasteiger partial charge in [-0.3, -0.25) is 8.43 Å². The molecular weight excluding hydrogens is 503 g/mol. The molecule has 0 N–H and O–H groups in total. The van der Waals surface area contributed by atoms with Crippen LogP contribution in [0, 0.1) is 0 Å². The molecule has 0 aliphatic rings. The molecule has 0 saturated carbocycles. The summed E-state index contributed by atoms with van der Waals surface area (Å²) in [5, 5.41) is 0. The van der Waals surface area contributed by atoms with Crippen molar-refractivity contribution in [1.29, 1.82) is 0 Å². The van der Waals surface area contributed by atoms with Gasteiger partial charge in [-0.1, -0.05) is 0 Å². The van der Waals surface area contributed by atoms with E-state index < -0.39 is 34.6 Å². The van der Waals surface area contributed by atoms with Gasteiger partial charge in [0.25, 0.3) is 0 Å². The van der Waals surface area contributed by atoms with Crippen LogP contribution in [-0.4, -0.2) is 101 Å². The molecule has 2 unspecified atom stereocenters. The van der Waals surface area contributed by atoms with E-state index >= 15 is 0 Å². The average Bonchev–Trinajstić information content (AvgIpc) is 1.72. The van der Waals surface area contributed by atoms with Gasteiger partial charge in [-0.2, -0.15) is 0 Å². The summed E-state index contributed by atoms with van der Waals surface area (Å²) in [5.74, 6) is 0. The average molecular weight is 503 g/mol. The standard InChI is InChI=1S/Ca.2O6PSi.Sr.Zn/c;2*1-7(2)6-8(3,4)5;;/q+2;2*-3;2*+2. The Kier molecular flexibility index (Phi) is 29.5. The summed E-state index contributed by atoms with van der Waals surface area (Å²) in [6.45, 7) is 0. The van der Waals surface area contributed by atoms with E-state index in [9.17, 15) is 47.7 Å². The van der Waals surface area contributed by atoms with E-state index in [1.54, 1.807) is 0 Å². The van der Waals surface area contributed by atoms with Crippen molar-refractivity contribution < 1.29 is 75.6 Å². The van der Waals surface area contributed by atoms with Crippen LogP contribution in [0.2, 0.25) is 0 Å². The zero-order chi connectivity index (χ0) is 13.6. The quantitative estimate of drug-likeness (QED) is 0.257. The normalized spacial score (nSPS) is 11.6.